The van der Waals surface area contributed by atoms with Crippen molar-refractivity contribution in [1.82, 2.24) is 10.6 Å². The van der Waals surface area contributed by atoms with Gasteiger partial charge in [-0.05, 0) is 25.1 Å². The van der Waals surface area contributed by atoms with Crippen LogP contribution in [0.1, 0.15) is 6.92 Å². The van der Waals surface area contributed by atoms with E-state index in [0.29, 0.717) is 0 Å². The molecule has 0 aromatic heterocycles. The Labute approximate surface area is 108 Å². The molecule has 92 valence electrons. The van der Waals surface area contributed by atoms with Gasteiger partial charge in [-0.15, -0.1) is 0 Å². The van der Waals surface area contributed by atoms with Crippen molar-refractivity contribution in [3.05, 3.63) is 28.7 Å². The van der Waals surface area contributed by atoms with Crippen LogP contribution in [0.25, 0.3) is 0 Å². The molecule has 0 radical (unpaired) electrons. The van der Waals surface area contributed by atoms with Crippen LogP contribution in [0, 0.1) is 0 Å². The van der Waals surface area contributed by atoms with Crippen LogP contribution >= 0.6 is 15.9 Å². The second-order valence-corrected chi connectivity index (χ2v) is 4.36. The number of urea groups is 1. The molecule has 1 rings (SSSR count). The Morgan fingerprint density at radius 3 is 2.65 bits per heavy atom. The number of amides is 3. The van der Waals surface area contributed by atoms with E-state index < -0.39 is 12.1 Å². The lowest BCUT2D eigenvalue weighted by Gasteiger charge is -2.14. The molecule has 0 bridgehead atoms. The Hall–Kier alpha value is -1.56. The van der Waals surface area contributed by atoms with E-state index in [4.69, 9.17) is 0 Å². The van der Waals surface area contributed by atoms with Gasteiger partial charge in [-0.25, -0.2) is 4.79 Å². The van der Waals surface area contributed by atoms with Crippen LogP contribution in [0.15, 0.2) is 28.7 Å². The second kappa shape index (κ2) is 6.24. The van der Waals surface area contributed by atoms with E-state index in [9.17, 15) is 9.59 Å². The van der Waals surface area contributed by atoms with Gasteiger partial charge in [-0.1, -0.05) is 22.0 Å². The molecule has 17 heavy (non-hydrogen) atoms. The lowest BCUT2D eigenvalue weighted by Crippen LogP contribution is -2.44. The zero-order valence-corrected chi connectivity index (χ0v) is 11.2. The van der Waals surface area contributed by atoms with E-state index in [-0.39, 0.29) is 5.91 Å². The summed E-state index contributed by atoms with van der Waals surface area (Å²) in [4.78, 5) is 22.5. The maximum absolute atomic E-state index is 11.6. The molecule has 0 aliphatic rings. The molecule has 0 saturated carbocycles. The van der Waals surface area contributed by atoms with Gasteiger partial charge in [0.1, 0.15) is 6.04 Å². The highest BCUT2D eigenvalue weighted by molar-refractivity contribution is 9.10. The largest absolute Gasteiger partial charge is 0.374 e. The molecule has 1 aromatic carbocycles. The highest BCUT2D eigenvalue weighted by Crippen LogP contribution is 2.16. The normalized spacial score (nSPS) is 11.5. The molecular weight excluding hydrogens is 286 g/mol. The molecule has 3 amide bonds. The number of nitrogens with one attached hydrogen (secondary N) is 3. The van der Waals surface area contributed by atoms with Crippen LogP contribution < -0.4 is 16.0 Å². The molecule has 0 aliphatic carbocycles. The van der Waals surface area contributed by atoms with E-state index in [1.54, 1.807) is 6.92 Å². The topological polar surface area (TPSA) is 70.2 Å². The van der Waals surface area contributed by atoms with Crippen molar-refractivity contribution in [3.8, 4) is 0 Å². The molecule has 0 fully saturated rings. The number of carbonyl (C=O) groups is 2. The number of anilines is 1. The van der Waals surface area contributed by atoms with Gasteiger partial charge in [0.15, 0.2) is 0 Å². The Bertz CT molecular complexity index is 423. The fourth-order valence-electron chi connectivity index (χ4n) is 1.18. The van der Waals surface area contributed by atoms with Gasteiger partial charge in [-0.2, -0.15) is 0 Å². The Morgan fingerprint density at radius 1 is 1.35 bits per heavy atom. The first-order chi connectivity index (χ1) is 8.02. The van der Waals surface area contributed by atoms with Crippen molar-refractivity contribution in [1.29, 1.82) is 0 Å². The van der Waals surface area contributed by atoms with Gasteiger partial charge < -0.3 is 10.6 Å². The number of halogens is 1. The lowest BCUT2D eigenvalue weighted by molar-refractivity contribution is -0.120. The maximum atomic E-state index is 11.6. The molecule has 3 N–H and O–H groups in total. The fourth-order valence-corrected chi connectivity index (χ4v) is 1.58. The zero-order valence-electron chi connectivity index (χ0n) is 9.58. The molecule has 0 spiro atoms. The summed E-state index contributed by atoms with van der Waals surface area (Å²) >= 11 is 3.34. The second-order valence-electron chi connectivity index (χ2n) is 3.44. The van der Waals surface area contributed by atoms with E-state index in [0.717, 1.165) is 10.2 Å². The monoisotopic (exact) mass is 299 g/mol. The number of rotatable bonds is 3. The summed E-state index contributed by atoms with van der Waals surface area (Å²) in [5.41, 5.74) is 0.805. The summed E-state index contributed by atoms with van der Waals surface area (Å²) < 4.78 is 0.918. The molecule has 6 heteroatoms. The van der Waals surface area contributed by atoms with E-state index in [1.165, 1.54) is 7.05 Å². The third kappa shape index (κ3) is 4.44. The van der Waals surface area contributed by atoms with Crippen LogP contribution in [0.4, 0.5) is 10.5 Å². The van der Waals surface area contributed by atoms with Gasteiger partial charge in [0, 0.05) is 17.2 Å². The summed E-state index contributed by atoms with van der Waals surface area (Å²) in [6, 6.07) is 6.42. The minimum atomic E-state index is -0.516. The van der Waals surface area contributed by atoms with Gasteiger partial charge in [0.2, 0.25) is 5.91 Å². The van der Waals surface area contributed by atoms with E-state index in [1.807, 2.05) is 24.3 Å². The van der Waals surface area contributed by atoms with Gasteiger partial charge in [0.05, 0.1) is 0 Å². The average molecular weight is 300 g/mol. The number of hydrogen-bond donors (Lipinski definition) is 3. The minimum absolute atomic E-state index is 0.385. The Balaban J connectivity index is 2.57. The first-order valence-corrected chi connectivity index (χ1v) is 5.87. The maximum Gasteiger partial charge on any atom is 0.321 e. The molecule has 1 unspecified atom stereocenters. The van der Waals surface area contributed by atoms with Crippen molar-refractivity contribution in [2.45, 2.75) is 13.0 Å². The van der Waals surface area contributed by atoms with Crippen molar-refractivity contribution < 1.29 is 9.59 Å². The highest BCUT2D eigenvalue weighted by atomic mass is 79.9. The van der Waals surface area contributed by atoms with Crippen LogP contribution in [0.3, 0.4) is 0 Å². The van der Waals surface area contributed by atoms with Gasteiger partial charge >= 0.3 is 6.03 Å². The smallest absolute Gasteiger partial charge is 0.321 e. The first kappa shape index (κ1) is 13.5. The minimum Gasteiger partial charge on any atom is -0.374 e. The predicted octanol–water partition coefficient (Wildman–Crippen LogP) is 1.71. The van der Waals surface area contributed by atoms with Crippen LogP contribution in [0.5, 0.6) is 0 Å². The molecule has 0 aliphatic heterocycles. The van der Waals surface area contributed by atoms with Crippen LogP contribution in [-0.4, -0.2) is 25.0 Å². The first-order valence-electron chi connectivity index (χ1n) is 5.07. The number of hydrogen-bond acceptors (Lipinski definition) is 3. The molecule has 0 saturated heterocycles. The molecule has 0 heterocycles. The molecule has 5 nitrogen and oxygen atoms in total. The molecule has 1 aromatic rings. The highest BCUT2D eigenvalue weighted by Gasteiger charge is 2.14. The average Bonchev–Trinajstić information content (AvgIpc) is 2.28. The third-order valence-electron chi connectivity index (χ3n) is 2.06. The number of carbonyl (C=O) groups excluding carboxylic acids is 2. The van der Waals surface area contributed by atoms with Crippen molar-refractivity contribution in [2.75, 3.05) is 12.4 Å². The summed E-state index contributed by atoms with van der Waals surface area (Å²) in [5, 5.41) is 7.51. The summed E-state index contributed by atoms with van der Waals surface area (Å²) in [6.07, 6.45) is 0. The van der Waals surface area contributed by atoms with Crippen molar-refractivity contribution >= 4 is 33.6 Å². The van der Waals surface area contributed by atoms with Crippen molar-refractivity contribution in [2.24, 2.45) is 0 Å². The number of benzene rings is 1. The van der Waals surface area contributed by atoms with Gasteiger partial charge in [-0.3, -0.25) is 10.1 Å². The van der Waals surface area contributed by atoms with Crippen LogP contribution in [0.2, 0.25) is 0 Å². The fraction of sp³-hybridized carbons (Fsp3) is 0.273. The summed E-state index contributed by atoms with van der Waals surface area (Å²) in [7, 11) is 1.45. The quantitative estimate of drug-likeness (QED) is 0.796. The lowest BCUT2D eigenvalue weighted by atomic mass is 10.2. The Morgan fingerprint density at radius 2 is 2.06 bits per heavy atom. The zero-order chi connectivity index (χ0) is 12.8. The SMILES string of the molecule is CNC(=O)NC(=O)C(C)Nc1cccc(Br)c1. The third-order valence-corrected chi connectivity index (χ3v) is 2.56. The summed E-state index contributed by atoms with van der Waals surface area (Å²) in [5.74, 6) is -0.385. The molecular formula is C11H14BrN3O2. The van der Waals surface area contributed by atoms with Gasteiger partial charge in [0.25, 0.3) is 0 Å². The standard InChI is InChI=1S/C11H14BrN3O2/c1-7(10(16)15-11(17)13-2)14-9-5-3-4-8(12)6-9/h3-7,14H,1-2H3,(H2,13,15,16,17). The number of imide groups is 1. The van der Waals surface area contributed by atoms with E-state index in [2.05, 4.69) is 31.9 Å². The Kier molecular flexibility index (Phi) is 4.96. The molecule has 1 atom stereocenters. The van der Waals surface area contributed by atoms with Crippen molar-refractivity contribution in [3.63, 3.8) is 0 Å². The predicted molar refractivity (Wildman–Crippen MR) is 69.8 cm³/mol. The summed E-state index contributed by atoms with van der Waals surface area (Å²) in [6.45, 7) is 1.68. The van der Waals surface area contributed by atoms with Crippen LogP contribution in [-0.2, 0) is 4.79 Å². The van der Waals surface area contributed by atoms with E-state index >= 15 is 0 Å².